The van der Waals surface area contributed by atoms with E-state index in [9.17, 15) is 13.2 Å². The lowest BCUT2D eigenvalue weighted by Crippen LogP contribution is -2.31. The molecule has 0 aromatic rings. The van der Waals surface area contributed by atoms with Crippen LogP contribution in [0, 0.1) is 5.92 Å². The SMILES string of the molecule is CCS(=O)(=O)NC(=O)CCC(C)CCN. The van der Waals surface area contributed by atoms with E-state index in [4.69, 9.17) is 5.73 Å². The summed E-state index contributed by atoms with van der Waals surface area (Å²) in [5.41, 5.74) is 5.36. The molecular weight excluding hydrogens is 216 g/mol. The number of hydrogen-bond acceptors (Lipinski definition) is 4. The minimum Gasteiger partial charge on any atom is -0.330 e. The third-order valence-corrected chi connectivity index (χ3v) is 3.47. The fourth-order valence-corrected chi connectivity index (χ4v) is 1.70. The second-order valence-electron chi connectivity index (χ2n) is 3.65. The summed E-state index contributed by atoms with van der Waals surface area (Å²) in [6.07, 6.45) is 1.76. The number of sulfonamides is 1. The average molecular weight is 236 g/mol. The van der Waals surface area contributed by atoms with Crippen LogP contribution in [-0.2, 0) is 14.8 Å². The van der Waals surface area contributed by atoms with E-state index in [0.717, 1.165) is 6.42 Å². The molecule has 0 bridgehead atoms. The van der Waals surface area contributed by atoms with Crippen LogP contribution in [0.2, 0.25) is 0 Å². The van der Waals surface area contributed by atoms with Gasteiger partial charge in [0, 0.05) is 6.42 Å². The molecule has 0 radical (unpaired) electrons. The van der Waals surface area contributed by atoms with Gasteiger partial charge in [-0.25, -0.2) is 8.42 Å². The van der Waals surface area contributed by atoms with E-state index in [1.807, 2.05) is 11.6 Å². The van der Waals surface area contributed by atoms with Crippen molar-refractivity contribution in [2.24, 2.45) is 11.7 Å². The first-order chi connectivity index (χ1) is 6.91. The van der Waals surface area contributed by atoms with Crippen molar-refractivity contribution in [3.05, 3.63) is 0 Å². The van der Waals surface area contributed by atoms with Crippen LogP contribution < -0.4 is 10.5 Å². The molecule has 0 rings (SSSR count). The first-order valence-corrected chi connectivity index (χ1v) is 6.80. The van der Waals surface area contributed by atoms with Crippen LogP contribution in [0.5, 0.6) is 0 Å². The molecule has 1 amide bonds. The molecule has 3 N–H and O–H groups in total. The standard InChI is InChI=1S/C9H20N2O3S/c1-3-15(13,14)11-9(12)5-4-8(2)6-7-10/h8H,3-7,10H2,1-2H3,(H,11,12). The Morgan fingerprint density at radius 2 is 2.00 bits per heavy atom. The number of hydrogen-bond donors (Lipinski definition) is 2. The summed E-state index contributed by atoms with van der Waals surface area (Å²) in [4.78, 5) is 11.2. The van der Waals surface area contributed by atoms with E-state index in [0.29, 0.717) is 18.9 Å². The monoisotopic (exact) mass is 236 g/mol. The summed E-state index contributed by atoms with van der Waals surface area (Å²) in [5, 5.41) is 0. The molecule has 0 spiro atoms. The van der Waals surface area contributed by atoms with Crippen LogP contribution in [-0.4, -0.2) is 26.6 Å². The van der Waals surface area contributed by atoms with E-state index in [-0.39, 0.29) is 12.2 Å². The number of nitrogens with two attached hydrogens (primary N) is 1. The van der Waals surface area contributed by atoms with Crippen LogP contribution >= 0.6 is 0 Å². The van der Waals surface area contributed by atoms with Crippen molar-refractivity contribution in [1.82, 2.24) is 4.72 Å². The molecule has 0 saturated carbocycles. The number of rotatable bonds is 7. The molecule has 0 aliphatic carbocycles. The lowest BCUT2D eigenvalue weighted by atomic mass is 10.0. The summed E-state index contributed by atoms with van der Waals surface area (Å²) in [6, 6.07) is 0. The molecule has 0 aromatic carbocycles. The zero-order valence-corrected chi connectivity index (χ0v) is 10.1. The van der Waals surface area contributed by atoms with Crippen molar-refractivity contribution in [1.29, 1.82) is 0 Å². The first kappa shape index (κ1) is 14.4. The van der Waals surface area contributed by atoms with Crippen LogP contribution in [0.1, 0.15) is 33.1 Å². The minimum atomic E-state index is -3.40. The first-order valence-electron chi connectivity index (χ1n) is 5.14. The van der Waals surface area contributed by atoms with Gasteiger partial charge in [-0.1, -0.05) is 6.92 Å². The molecule has 1 atom stereocenters. The van der Waals surface area contributed by atoms with Crippen molar-refractivity contribution in [3.8, 4) is 0 Å². The molecule has 0 aliphatic heterocycles. The minimum absolute atomic E-state index is 0.0723. The predicted molar refractivity (Wildman–Crippen MR) is 59.7 cm³/mol. The van der Waals surface area contributed by atoms with Crippen LogP contribution in [0.4, 0.5) is 0 Å². The molecular formula is C9H20N2O3S. The molecule has 15 heavy (non-hydrogen) atoms. The third kappa shape index (κ3) is 7.33. The van der Waals surface area contributed by atoms with Crippen LogP contribution in [0.3, 0.4) is 0 Å². The Bertz CT molecular complexity index is 288. The quantitative estimate of drug-likeness (QED) is 0.661. The van der Waals surface area contributed by atoms with Gasteiger partial charge in [-0.2, -0.15) is 0 Å². The van der Waals surface area contributed by atoms with Gasteiger partial charge in [0.15, 0.2) is 0 Å². The van der Waals surface area contributed by atoms with E-state index < -0.39 is 15.9 Å². The van der Waals surface area contributed by atoms with Crippen molar-refractivity contribution in [2.75, 3.05) is 12.3 Å². The molecule has 90 valence electrons. The van der Waals surface area contributed by atoms with Gasteiger partial charge < -0.3 is 5.73 Å². The van der Waals surface area contributed by atoms with Gasteiger partial charge in [-0.05, 0) is 32.2 Å². The summed E-state index contributed by atoms with van der Waals surface area (Å²) in [7, 11) is -3.40. The number of nitrogens with one attached hydrogen (secondary N) is 1. The highest BCUT2D eigenvalue weighted by Gasteiger charge is 2.12. The maximum absolute atomic E-state index is 11.2. The highest BCUT2D eigenvalue weighted by molar-refractivity contribution is 7.90. The Labute approximate surface area is 91.5 Å². The summed E-state index contributed by atoms with van der Waals surface area (Å²) < 4.78 is 24.1. The Hall–Kier alpha value is -0.620. The van der Waals surface area contributed by atoms with Crippen molar-refractivity contribution < 1.29 is 13.2 Å². The van der Waals surface area contributed by atoms with Gasteiger partial charge in [-0.3, -0.25) is 9.52 Å². The molecule has 0 aliphatic rings. The van der Waals surface area contributed by atoms with Gasteiger partial charge in [0.1, 0.15) is 0 Å². The molecule has 0 saturated heterocycles. The van der Waals surface area contributed by atoms with Gasteiger partial charge in [-0.15, -0.1) is 0 Å². The largest absolute Gasteiger partial charge is 0.330 e. The molecule has 0 aromatic heterocycles. The maximum atomic E-state index is 11.2. The zero-order chi connectivity index (χ0) is 11.9. The number of carbonyl (C=O) groups is 1. The van der Waals surface area contributed by atoms with Crippen LogP contribution in [0.25, 0.3) is 0 Å². The highest BCUT2D eigenvalue weighted by Crippen LogP contribution is 2.08. The Kier molecular flexibility index (Phi) is 6.51. The van der Waals surface area contributed by atoms with E-state index >= 15 is 0 Å². The summed E-state index contributed by atoms with van der Waals surface area (Å²) in [6.45, 7) is 4.08. The lowest BCUT2D eigenvalue weighted by molar-refractivity contribution is -0.119. The molecule has 6 heteroatoms. The Morgan fingerprint density at radius 1 is 1.40 bits per heavy atom. The maximum Gasteiger partial charge on any atom is 0.234 e. The Morgan fingerprint density at radius 3 is 2.47 bits per heavy atom. The fourth-order valence-electron chi connectivity index (χ4n) is 1.10. The van der Waals surface area contributed by atoms with E-state index in [1.165, 1.54) is 6.92 Å². The average Bonchev–Trinajstić information content (AvgIpc) is 2.15. The van der Waals surface area contributed by atoms with Gasteiger partial charge in [0.05, 0.1) is 5.75 Å². The van der Waals surface area contributed by atoms with Crippen LogP contribution in [0.15, 0.2) is 0 Å². The predicted octanol–water partition coefficient (Wildman–Crippen LogP) is 0.217. The summed E-state index contributed by atoms with van der Waals surface area (Å²) >= 11 is 0. The zero-order valence-electron chi connectivity index (χ0n) is 9.32. The fraction of sp³-hybridized carbons (Fsp3) is 0.889. The lowest BCUT2D eigenvalue weighted by Gasteiger charge is -2.09. The van der Waals surface area contributed by atoms with Gasteiger partial charge >= 0.3 is 0 Å². The van der Waals surface area contributed by atoms with Crippen molar-refractivity contribution in [3.63, 3.8) is 0 Å². The number of amides is 1. The normalized spacial score (nSPS) is 13.5. The van der Waals surface area contributed by atoms with Gasteiger partial charge in [0.25, 0.3) is 0 Å². The summed E-state index contributed by atoms with van der Waals surface area (Å²) in [5.74, 6) is -0.150. The highest BCUT2D eigenvalue weighted by atomic mass is 32.2. The third-order valence-electron chi connectivity index (χ3n) is 2.17. The molecule has 0 fully saturated rings. The second kappa shape index (κ2) is 6.79. The molecule has 0 heterocycles. The smallest absolute Gasteiger partial charge is 0.234 e. The molecule has 1 unspecified atom stereocenters. The van der Waals surface area contributed by atoms with Gasteiger partial charge in [0.2, 0.25) is 15.9 Å². The second-order valence-corrected chi connectivity index (χ2v) is 5.66. The van der Waals surface area contributed by atoms with E-state index in [2.05, 4.69) is 0 Å². The topological polar surface area (TPSA) is 89.3 Å². The van der Waals surface area contributed by atoms with E-state index in [1.54, 1.807) is 0 Å². The Balaban J connectivity index is 3.86. The van der Waals surface area contributed by atoms with Crippen molar-refractivity contribution in [2.45, 2.75) is 33.1 Å². The molecule has 5 nitrogen and oxygen atoms in total. The van der Waals surface area contributed by atoms with Crippen molar-refractivity contribution >= 4 is 15.9 Å². The number of carbonyl (C=O) groups excluding carboxylic acids is 1.